The molecule has 0 spiro atoms. The highest BCUT2D eigenvalue weighted by Crippen LogP contribution is 2.00. The van der Waals surface area contributed by atoms with Crippen LogP contribution in [-0.4, -0.2) is 22.2 Å². The van der Waals surface area contributed by atoms with Crippen LogP contribution in [0.4, 0.5) is 0 Å². The number of amides is 1. The molecule has 1 N–H and O–H groups in total. The molecule has 4 nitrogen and oxygen atoms in total. The number of hydrogen-bond acceptors (Lipinski definition) is 2. The number of carbonyl (C=O) groups excluding carboxylic acids is 1. The predicted molar refractivity (Wildman–Crippen MR) is 64.1 cm³/mol. The van der Waals surface area contributed by atoms with E-state index in [-0.39, 0.29) is 5.91 Å². The van der Waals surface area contributed by atoms with E-state index in [9.17, 15) is 4.79 Å². The summed E-state index contributed by atoms with van der Waals surface area (Å²) < 4.78 is 1.91. The van der Waals surface area contributed by atoms with E-state index in [1.54, 1.807) is 6.08 Å². The van der Waals surface area contributed by atoms with Crippen molar-refractivity contribution in [2.24, 2.45) is 0 Å². The first-order valence-corrected chi connectivity index (χ1v) is 5.52. The van der Waals surface area contributed by atoms with E-state index in [2.05, 4.69) is 17.0 Å². The second-order valence-corrected chi connectivity index (χ2v) is 3.83. The zero-order chi connectivity index (χ0) is 12.0. The Kier molecular flexibility index (Phi) is 4.76. The van der Waals surface area contributed by atoms with Crippen molar-refractivity contribution < 1.29 is 4.79 Å². The van der Waals surface area contributed by atoms with Crippen LogP contribution in [0.15, 0.2) is 18.7 Å². The largest absolute Gasteiger partial charge is 0.354 e. The van der Waals surface area contributed by atoms with E-state index in [0.29, 0.717) is 13.0 Å². The van der Waals surface area contributed by atoms with Gasteiger partial charge in [-0.3, -0.25) is 9.48 Å². The summed E-state index contributed by atoms with van der Waals surface area (Å²) >= 11 is 0. The summed E-state index contributed by atoms with van der Waals surface area (Å²) in [4.78, 5) is 11.3. The van der Waals surface area contributed by atoms with Crippen molar-refractivity contribution in [2.45, 2.75) is 33.2 Å². The van der Waals surface area contributed by atoms with Gasteiger partial charge >= 0.3 is 0 Å². The molecule has 0 aliphatic heterocycles. The summed E-state index contributed by atoms with van der Waals surface area (Å²) in [5.74, 6) is 0.0708. The molecule has 0 aliphatic rings. The molecule has 4 heteroatoms. The number of nitrogens with one attached hydrogen (secondary N) is 1. The van der Waals surface area contributed by atoms with Crippen molar-refractivity contribution >= 4 is 5.91 Å². The molecular weight excluding hydrogens is 202 g/mol. The highest BCUT2D eigenvalue weighted by Gasteiger charge is 2.02. The van der Waals surface area contributed by atoms with Crippen LogP contribution in [-0.2, 0) is 11.3 Å². The minimum absolute atomic E-state index is 0.0708. The molecule has 0 aromatic carbocycles. The maximum absolute atomic E-state index is 11.3. The van der Waals surface area contributed by atoms with E-state index < -0.39 is 0 Å². The molecule has 0 saturated carbocycles. The molecular formula is C12H19N3O. The standard InChI is InChI=1S/C12H19N3O/c1-4-5-6-12(16)13-7-8-15-11(3)9-10(2)14-15/h4,9H,1,5-8H2,2-3H3,(H,13,16). The molecule has 0 unspecified atom stereocenters. The van der Waals surface area contributed by atoms with Gasteiger partial charge in [0.25, 0.3) is 0 Å². The van der Waals surface area contributed by atoms with Crippen LogP contribution in [0.25, 0.3) is 0 Å². The van der Waals surface area contributed by atoms with Crippen LogP contribution < -0.4 is 5.32 Å². The van der Waals surface area contributed by atoms with Crippen molar-refractivity contribution in [1.82, 2.24) is 15.1 Å². The Morgan fingerprint density at radius 3 is 2.94 bits per heavy atom. The van der Waals surface area contributed by atoms with E-state index in [0.717, 1.165) is 24.4 Å². The Morgan fingerprint density at radius 1 is 1.62 bits per heavy atom. The molecule has 1 rings (SSSR count). The maximum atomic E-state index is 11.3. The average molecular weight is 221 g/mol. The number of hydrogen-bond donors (Lipinski definition) is 1. The van der Waals surface area contributed by atoms with Gasteiger partial charge in [0.05, 0.1) is 12.2 Å². The van der Waals surface area contributed by atoms with Crippen molar-refractivity contribution in [3.05, 3.63) is 30.1 Å². The van der Waals surface area contributed by atoms with Gasteiger partial charge in [-0.25, -0.2) is 0 Å². The highest BCUT2D eigenvalue weighted by atomic mass is 16.1. The molecule has 1 aromatic heterocycles. The van der Waals surface area contributed by atoms with Gasteiger partial charge in [0.15, 0.2) is 0 Å². The molecule has 0 bridgehead atoms. The zero-order valence-electron chi connectivity index (χ0n) is 9.99. The van der Waals surface area contributed by atoms with Crippen LogP contribution in [0.1, 0.15) is 24.2 Å². The maximum Gasteiger partial charge on any atom is 0.220 e. The van der Waals surface area contributed by atoms with Crippen molar-refractivity contribution in [3.63, 3.8) is 0 Å². The second-order valence-electron chi connectivity index (χ2n) is 3.83. The van der Waals surface area contributed by atoms with Crippen molar-refractivity contribution in [1.29, 1.82) is 0 Å². The summed E-state index contributed by atoms with van der Waals surface area (Å²) in [6.45, 7) is 8.90. The van der Waals surface area contributed by atoms with Crippen LogP contribution in [0.5, 0.6) is 0 Å². The second kappa shape index (κ2) is 6.10. The fourth-order valence-electron chi connectivity index (χ4n) is 1.52. The van der Waals surface area contributed by atoms with Gasteiger partial charge in [0, 0.05) is 18.7 Å². The Balaban J connectivity index is 2.27. The average Bonchev–Trinajstić information content (AvgIpc) is 2.55. The number of nitrogens with zero attached hydrogens (tertiary/aromatic N) is 2. The fraction of sp³-hybridized carbons (Fsp3) is 0.500. The molecule has 0 radical (unpaired) electrons. The summed E-state index contributed by atoms with van der Waals surface area (Å²) in [5.41, 5.74) is 2.13. The lowest BCUT2D eigenvalue weighted by atomic mass is 10.3. The van der Waals surface area contributed by atoms with Gasteiger partial charge in [0.1, 0.15) is 0 Å². The lowest BCUT2D eigenvalue weighted by molar-refractivity contribution is -0.121. The molecule has 88 valence electrons. The summed E-state index contributed by atoms with van der Waals surface area (Å²) in [6, 6.07) is 2.03. The Bertz CT molecular complexity index is 368. The molecule has 0 saturated heterocycles. The van der Waals surface area contributed by atoms with Gasteiger partial charge in [0.2, 0.25) is 5.91 Å². The number of allylic oxidation sites excluding steroid dienone is 1. The monoisotopic (exact) mass is 221 g/mol. The van der Waals surface area contributed by atoms with Gasteiger partial charge in [-0.15, -0.1) is 6.58 Å². The van der Waals surface area contributed by atoms with Gasteiger partial charge in [-0.1, -0.05) is 6.08 Å². The van der Waals surface area contributed by atoms with Crippen LogP contribution in [0, 0.1) is 13.8 Å². The topological polar surface area (TPSA) is 46.9 Å². The Morgan fingerprint density at radius 2 is 2.38 bits per heavy atom. The third kappa shape index (κ3) is 3.88. The normalized spacial score (nSPS) is 10.1. The highest BCUT2D eigenvalue weighted by molar-refractivity contribution is 5.75. The SMILES string of the molecule is C=CCCC(=O)NCCn1nc(C)cc1C. The summed E-state index contributed by atoms with van der Waals surface area (Å²) in [7, 11) is 0. The lowest BCUT2D eigenvalue weighted by Gasteiger charge is -2.06. The predicted octanol–water partition coefficient (Wildman–Crippen LogP) is 1.58. The minimum atomic E-state index is 0.0708. The number of aromatic nitrogens is 2. The third-order valence-electron chi connectivity index (χ3n) is 2.32. The minimum Gasteiger partial charge on any atom is -0.354 e. The van der Waals surface area contributed by atoms with E-state index in [4.69, 9.17) is 0 Å². The Labute approximate surface area is 96.3 Å². The molecule has 16 heavy (non-hydrogen) atoms. The zero-order valence-corrected chi connectivity index (χ0v) is 9.99. The number of rotatable bonds is 6. The molecule has 0 atom stereocenters. The van der Waals surface area contributed by atoms with Crippen molar-refractivity contribution in [2.75, 3.05) is 6.54 Å². The fourth-order valence-corrected chi connectivity index (χ4v) is 1.52. The first kappa shape index (κ1) is 12.5. The van der Waals surface area contributed by atoms with E-state index >= 15 is 0 Å². The lowest BCUT2D eigenvalue weighted by Crippen LogP contribution is -2.27. The molecule has 0 fully saturated rings. The molecule has 1 amide bonds. The first-order valence-electron chi connectivity index (χ1n) is 5.52. The van der Waals surface area contributed by atoms with Crippen LogP contribution in [0.3, 0.4) is 0 Å². The Hall–Kier alpha value is -1.58. The van der Waals surface area contributed by atoms with Crippen LogP contribution >= 0.6 is 0 Å². The molecule has 0 aliphatic carbocycles. The summed E-state index contributed by atoms with van der Waals surface area (Å²) in [5, 5.41) is 7.17. The van der Waals surface area contributed by atoms with Gasteiger partial charge < -0.3 is 5.32 Å². The van der Waals surface area contributed by atoms with Crippen molar-refractivity contribution in [3.8, 4) is 0 Å². The van der Waals surface area contributed by atoms with Gasteiger partial charge in [-0.05, 0) is 26.3 Å². The van der Waals surface area contributed by atoms with Crippen LogP contribution in [0.2, 0.25) is 0 Å². The van der Waals surface area contributed by atoms with E-state index in [1.807, 2.05) is 24.6 Å². The van der Waals surface area contributed by atoms with Gasteiger partial charge in [-0.2, -0.15) is 5.10 Å². The first-order chi connectivity index (χ1) is 7.63. The molecule has 1 aromatic rings. The summed E-state index contributed by atoms with van der Waals surface area (Å²) in [6.07, 6.45) is 2.99. The number of carbonyl (C=O) groups is 1. The smallest absolute Gasteiger partial charge is 0.220 e. The van der Waals surface area contributed by atoms with E-state index in [1.165, 1.54) is 0 Å². The molecule has 1 heterocycles. The quantitative estimate of drug-likeness (QED) is 0.741. The third-order valence-corrected chi connectivity index (χ3v) is 2.32. The number of aryl methyl sites for hydroxylation is 2.